The van der Waals surface area contributed by atoms with Crippen molar-refractivity contribution in [2.75, 3.05) is 5.43 Å². The number of hydrazone groups is 1. The van der Waals surface area contributed by atoms with Gasteiger partial charge in [0.05, 0.1) is 10.6 Å². The van der Waals surface area contributed by atoms with E-state index in [9.17, 15) is 14.9 Å². The van der Waals surface area contributed by atoms with Crippen molar-refractivity contribution >= 4 is 17.3 Å². The maximum Gasteiger partial charge on any atom is 0.270 e. The summed E-state index contributed by atoms with van der Waals surface area (Å²) in [6.45, 7) is 3.39. The number of aromatic amines is 1. The maximum absolute atomic E-state index is 11.3. The molecule has 1 heterocycles. The summed E-state index contributed by atoms with van der Waals surface area (Å²) in [7, 11) is 0. The van der Waals surface area contributed by atoms with Crippen molar-refractivity contribution in [3.05, 3.63) is 62.1 Å². The largest absolute Gasteiger partial charge is 0.291 e. The van der Waals surface area contributed by atoms with E-state index in [0.717, 1.165) is 0 Å². The molecule has 0 spiro atoms. The van der Waals surface area contributed by atoms with Crippen molar-refractivity contribution in [2.24, 2.45) is 5.10 Å². The molecule has 1 aromatic carbocycles. The van der Waals surface area contributed by atoms with E-state index in [1.807, 2.05) is 0 Å². The number of benzene rings is 1. The summed E-state index contributed by atoms with van der Waals surface area (Å²) in [4.78, 5) is 28.1. The molecular formula is C13H13N5O3. The van der Waals surface area contributed by atoms with Crippen LogP contribution in [-0.2, 0) is 0 Å². The van der Waals surface area contributed by atoms with E-state index >= 15 is 0 Å². The standard InChI is InChI=1S/C13H13N5O3/c1-8-6-12(19)15-13(14-8)17-16-9(2)10-4-3-5-11(7-10)18(20)21/h3-7H,1-2H3,(H2,14,15,17,19). The van der Waals surface area contributed by atoms with Crippen LogP contribution in [0.1, 0.15) is 18.2 Å². The summed E-state index contributed by atoms with van der Waals surface area (Å²) in [5.74, 6) is 0.213. The summed E-state index contributed by atoms with van der Waals surface area (Å²) in [6.07, 6.45) is 0. The van der Waals surface area contributed by atoms with E-state index in [0.29, 0.717) is 17.0 Å². The van der Waals surface area contributed by atoms with Crippen molar-refractivity contribution in [1.82, 2.24) is 9.97 Å². The molecule has 0 saturated carbocycles. The van der Waals surface area contributed by atoms with Gasteiger partial charge in [0.15, 0.2) is 0 Å². The summed E-state index contributed by atoms with van der Waals surface area (Å²) in [5, 5.41) is 14.8. The number of nitrogens with zero attached hydrogens (tertiary/aromatic N) is 3. The molecule has 0 atom stereocenters. The van der Waals surface area contributed by atoms with Crippen LogP contribution in [0.3, 0.4) is 0 Å². The Labute approximate surface area is 119 Å². The second kappa shape index (κ2) is 5.95. The number of aryl methyl sites for hydroxylation is 1. The molecule has 1 aromatic heterocycles. The zero-order valence-corrected chi connectivity index (χ0v) is 11.5. The Balaban J connectivity index is 2.23. The molecule has 0 amide bonds. The lowest BCUT2D eigenvalue weighted by atomic mass is 10.1. The first-order chi connectivity index (χ1) is 9.95. The molecule has 2 N–H and O–H groups in total. The summed E-state index contributed by atoms with van der Waals surface area (Å²) in [6, 6.07) is 7.48. The molecule has 2 rings (SSSR count). The van der Waals surface area contributed by atoms with Gasteiger partial charge in [-0.25, -0.2) is 10.4 Å². The quantitative estimate of drug-likeness (QED) is 0.506. The van der Waals surface area contributed by atoms with E-state index in [2.05, 4.69) is 20.5 Å². The molecule has 0 bridgehead atoms. The summed E-state index contributed by atoms with van der Waals surface area (Å²) in [5.41, 5.74) is 4.02. The van der Waals surface area contributed by atoms with Gasteiger partial charge in [-0.2, -0.15) is 5.10 Å². The minimum Gasteiger partial charge on any atom is -0.291 e. The third-order valence-electron chi connectivity index (χ3n) is 2.67. The molecule has 0 aliphatic heterocycles. The molecule has 8 heteroatoms. The van der Waals surface area contributed by atoms with Gasteiger partial charge in [-0.1, -0.05) is 12.1 Å². The lowest BCUT2D eigenvalue weighted by molar-refractivity contribution is -0.384. The third kappa shape index (κ3) is 3.72. The highest BCUT2D eigenvalue weighted by Crippen LogP contribution is 2.13. The molecule has 8 nitrogen and oxygen atoms in total. The van der Waals surface area contributed by atoms with E-state index < -0.39 is 4.92 Å². The van der Waals surface area contributed by atoms with Gasteiger partial charge < -0.3 is 0 Å². The fraction of sp³-hybridized carbons (Fsp3) is 0.154. The van der Waals surface area contributed by atoms with Gasteiger partial charge in [-0.05, 0) is 13.8 Å². The Hall–Kier alpha value is -3.03. The van der Waals surface area contributed by atoms with Gasteiger partial charge in [0.2, 0.25) is 5.95 Å². The molecule has 0 radical (unpaired) electrons. The second-order valence-corrected chi connectivity index (χ2v) is 4.35. The predicted molar refractivity (Wildman–Crippen MR) is 78.5 cm³/mol. The zero-order chi connectivity index (χ0) is 15.4. The molecule has 0 saturated heterocycles. The average Bonchev–Trinajstić information content (AvgIpc) is 2.44. The van der Waals surface area contributed by atoms with Crippen molar-refractivity contribution in [3.8, 4) is 0 Å². The predicted octanol–water partition coefficient (Wildman–Crippen LogP) is 1.82. The van der Waals surface area contributed by atoms with Crippen molar-refractivity contribution in [1.29, 1.82) is 0 Å². The summed E-state index contributed by atoms with van der Waals surface area (Å²) >= 11 is 0. The monoisotopic (exact) mass is 287 g/mol. The third-order valence-corrected chi connectivity index (χ3v) is 2.67. The molecule has 0 unspecified atom stereocenters. The molecule has 0 aliphatic carbocycles. The van der Waals surface area contributed by atoms with Crippen molar-refractivity contribution in [3.63, 3.8) is 0 Å². The first kappa shape index (κ1) is 14.4. The van der Waals surface area contributed by atoms with Crippen LogP contribution in [0.4, 0.5) is 11.6 Å². The lowest BCUT2D eigenvalue weighted by Gasteiger charge is -2.03. The Morgan fingerprint density at radius 1 is 1.43 bits per heavy atom. The first-order valence-corrected chi connectivity index (χ1v) is 6.09. The van der Waals surface area contributed by atoms with Gasteiger partial charge in [0.1, 0.15) is 0 Å². The van der Waals surface area contributed by atoms with Gasteiger partial charge in [-0.15, -0.1) is 0 Å². The molecule has 0 fully saturated rings. The van der Waals surface area contributed by atoms with Crippen LogP contribution in [0.2, 0.25) is 0 Å². The van der Waals surface area contributed by atoms with Gasteiger partial charge >= 0.3 is 0 Å². The van der Waals surface area contributed by atoms with Crippen LogP contribution in [0.25, 0.3) is 0 Å². The number of H-pyrrole nitrogens is 1. The van der Waals surface area contributed by atoms with Crippen molar-refractivity contribution < 1.29 is 4.92 Å². The number of hydrogen-bond donors (Lipinski definition) is 2. The van der Waals surface area contributed by atoms with Crippen LogP contribution in [0.5, 0.6) is 0 Å². The highest BCUT2D eigenvalue weighted by Gasteiger charge is 2.07. The molecule has 108 valence electrons. The second-order valence-electron chi connectivity index (χ2n) is 4.35. The Morgan fingerprint density at radius 2 is 2.19 bits per heavy atom. The van der Waals surface area contributed by atoms with E-state index in [4.69, 9.17) is 0 Å². The van der Waals surface area contributed by atoms with Crippen LogP contribution in [0, 0.1) is 17.0 Å². The minimum absolute atomic E-state index is 0.0101. The maximum atomic E-state index is 11.3. The lowest BCUT2D eigenvalue weighted by Crippen LogP contribution is -2.11. The average molecular weight is 287 g/mol. The first-order valence-electron chi connectivity index (χ1n) is 6.09. The van der Waals surface area contributed by atoms with Crippen LogP contribution >= 0.6 is 0 Å². The van der Waals surface area contributed by atoms with Gasteiger partial charge in [0, 0.05) is 29.5 Å². The van der Waals surface area contributed by atoms with E-state index in [1.54, 1.807) is 26.0 Å². The number of anilines is 1. The van der Waals surface area contributed by atoms with E-state index in [-0.39, 0.29) is 17.2 Å². The highest BCUT2D eigenvalue weighted by molar-refractivity contribution is 5.99. The van der Waals surface area contributed by atoms with Crippen molar-refractivity contribution in [2.45, 2.75) is 13.8 Å². The molecule has 21 heavy (non-hydrogen) atoms. The summed E-state index contributed by atoms with van der Waals surface area (Å²) < 4.78 is 0. The van der Waals surface area contributed by atoms with Gasteiger partial charge in [0.25, 0.3) is 11.2 Å². The topological polar surface area (TPSA) is 113 Å². The molecule has 2 aromatic rings. The number of nitro benzene ring substituents is 1. The Morgan fingerprint density at radius 3 is 2.86 bits per heavy atom. The van der Waals surface area contributed by atoms with E-state index in [1.165, 1.54) is 18.2 Å². The number of nitro groups is 1. The number of non-ortho nitro benzene ring substituents is 1. The zero-order valence-electron chi connectivity index (χ0n) is 11.5. The molecular weight excluding hydrogens is 274 g/mol. The van der Waals surface area contributed by atoms with Crippen LogP contribution in [-0.4, -0.2) is 20.6 Å². The fourth-order valence-corrected chi connectivity index (χ4v) is 1.68. The number of hydrogen-bond acceptors (Lipinski definition) is 6. The molecule has 0 aliphatic rings. The minimum atomic E-state index is -0.468. The van der Waals surface area contributed by atoms with Gasteiger partial charge in [-0.3, -0.25) is 19.9 Å². The highest BCUT2D eigenvalue weighted by atomic mass is 16.6. The van der Waals surface area contributed by atoms with Crippen LogP contribution < -0.4 is 11.0 Å². The normalized spacial score (nSPS) is 11.2. The SMILES string of the molecule is CC(=NNc1nc(C)cc(=O)[nH]1)c1cccc([N+](=O)[O-])c1. The Bertz CT molecular complexity index is 766. The number of aromatic nitrogens is 2. The Kier molecular flexibility index (Phi) is 4.07. The van der Waals surface area contributed by atoms with Crippen LogP contribution in [0.15, 0.2) is 40.2 Å². The number of rotatable bonds is 4. The smallest absolute Gasteiger partial charge is 0.270 e. The fourth-order valence-electron chi connectivity index (χ4n) is 1.68. The number of nitrogens with one attached hydrogen (secondary N) is 2.